The van der Waals surface area contributed by atoms with Crippen LogP contribution in [0.5, 0.6) is 0 Å². The fourth-order valence-electron chi connectivity index (χ4n) is 0.860. The average molecular weight is 253 g/mol. The van der Waals surface area contributed by atoms with Crippen LogP contribution in [0.3, 0.4) is 0 Å². The molecule has 4 N–H and O–H groups in total. The van der Waals surface area contributed by atoms with Gasteiger partial charge in [-0.1, -0.05) is 0 Å². The van der Waals surface area contributed by atoms with Gasteiger partial charge in [-0.05, 0) is 33.2 Å². The number of amides is 1. The third kappa shape index (κ3) is 8.45. The summed E-state index contributed by atoms with van der Waals surface area (Å²) in [4.78, 5) is 11.0. The zero-order chi connectivity index (χ0) is 12.6. The van der Waals surface area contributed by atoms with Gasteiger partial charge in [-0.2, -0.15) is 13.1 Å². The second-order valence-electron chi connectivity index (χ2n) is 3.45. The predicted octanol–water partition coefficient (Wildman–Crippen LogP) is -0.306. The highest BCUT2D eigenvalue weighted by Gasteiger charge is 2.15. The SMILES string of the molecule is CC(C)OC(=O)NS(=O)(=O)NCCCCN. The van der Waals surface area contributed by atoms with Gasteiger partial charge in [0.1, 0.15) is 0 Å². The molecule has 0 aliphatic rings. The molecule has 0 radical (unpaired) electrons. The molecule has 0 unspecified atom stereocenters. The third-order valence-electron chi connectivity index (χ3n) is 1.48. The van der Waals surface area contributed by atoms with Crippen LogP contribution in [0.2, 0.25) is 0 Å². The Labute approximate surface area is 95.9 Å². The van der Waals surface area contributed by atoms with E-state index in [2.05, 4.69) is 9.46 Å². The van der Waals surface area contributed by atoms with E-state index in [9.17, 15) is 13.2 Å². The Morgan fingerprint density at radius 1 is 1.38 bits per heavy atom. The minimum absolute atomic E-state index is 0.238. The van der Waals surface area contributed by atoms with Gasteiger partial charge in [0, 0.05) is 6.54 Å². The van der Waals surface area contributed by atoms with Crippen LogP contribution in [0.25, 0.3) is 0 Å². The van der Waals surface area contributed by atoms with E-state index in [0.717, 1.165) is 6.42 Å². The Balaban J connectivity index is 3.91. The van der Waals surface area contributed by atoms with Gasteiger partial charge >= 0.3 is 16.3 Å². The van der Waals surface area contributed by atoms with E-state index < -0.39 is 16.3 Å². The summed E-state index contributed by atoms with van der Waals surface area (Å²) >= 11 is 0. The maximum atomic E-state index is 11.2. The summed E-state index contributed by atoms with van der Waals surface area (Å²) in [6.45, 7) is 3.99. The lowest BCUT2D eigenvalue weighted by Crippen LogP contribution is -2.41. The summed E-state index contributed by atoms with van der Waals surface area (Å²) in [7, 11) is -3.82. The van der Waals surface area contributed by atoms with Crippen molar-refractivity contribution in [1.82, 2.24) is 9.44 Å². The number of rotatable bonds is 7. The van der Waals surface area contributed by atoms with Crippen LogP contribution >= 0.6 is 0 Å². The van der Waals surface area contributed by atoms with Crippen LogP contribution in [0.4, 0.5) is 4.79 Å². The van der Waals surface area contributed by atoms with Gasteiger partial charge < -0.3 is 10.5 Å². The van der Waals surface area contributed by atoms with Crippen molar-refractivity contribution >= 4 is 16.3 Å². The third-order valence-corrected chi connectivity index (χ3v) is 2.50. The minimum Gasteiger partial charge on any atom is -0.446 e. The number of nitrogens with one attached hydrogen (secondary N) is 2. The van der Waals surface area contributed by atoms with Gasteiger partial charge in [-0.25, -0.2) is 9.52 Å². The highest BCUT2D eigenvalue weighted by Crippen LogP contribution is 1.90. The van der Waals surface area contributed by atoms with E-state index in [-0.39, 0.29) is 12.6 Å². The minimum atomic E-state index is -3.82. The predicted molar refractivity (Wildman–Crippen MR) is 60.0 cm³/mol. The largest absolute Gasteiger partial charge is 0.446 e. The molecular formula is C8H19N3O4S. The maximum absolute atomic E-state index is 11.2. The van der Waals surface area contributed by atoms with E-state index >= 15 is 0 Å². The van der Waals surface area contributed by atoms with Gasteiger partial charge in [0.05, 0.1) is 6.10 Å². The van der Waals surface area contributed by atoms with E-state index in [0.29, 0.717) is 13.0 Å². The standard InChI is InChI=1S/C8H19N3O4S/c1-7(2)15-8(12)11-16(13,14)10-6-4-3-5-9/h7,10H,3-6,9H2,1-2H3,(H,11,12). The Bertz CT molecular complexity index is 302. The smallest absolute Gasteiger partial charge is 0.422 e. The summed E-state index contributed by atoms with van der Waals surface area (Å²) in [5.74, 6) is 0. The Kier molecular flexibility index (Phi) is 7.02. The van der Waals surface area contributed by atoms with Gasteiger partial charge in [0.15, 0.2) is 0 Å². The summed E-state index contributed by atoms with van der Waals surface area (Å²) in [5.41, 5.74) is 5.25. The summed E-state index contributed by atoms with van der Waals surface area (Å²) in [6.07, 6.45) is -0.0101. The van der Waals surface area contributed by atoms with Crippen molar-refractivity contribution in [2.24, 2.45) is 5.73 Å². The molecule has 96 valence electrons. The normalized spacial score (nSPS) is 11.5. The molecule has 0 bridgehead atoms. The first-order valence-corrected chi connectivity index (χ1v) is 6.54. The molecule has 0 spiro atoms. The van der Waals surface area contributed by atoms with Crippen molar-refractivity contribution in [3.05, 3.63) is 0 Å². The van der Waals surface area contributed by atoms with E-state index in [4.69, 9.17) is 5.73 Å². The Morgan fingerprint density at radius 2 is 2.00 bits per heavy atom. The first kappa shape index (κ1) is 15.1. The van der Waals surface area contributed by atoms with Gasteiger partial charge in [-0.3, -0.25) is 0 Å². The van der Waals surface area contributed by atoms with Gasteiger partial charge in [-0.15, -0.1) is 0 Å². The summed E-state index contributed by atoms with van der Waals surface area (Å²) < 4.78 is 31.0. The topological polar surface area (TPSA) is 111 Å². The molecule has 0 atom stereocenters. The molecule has 0 aliphatic carbocycles. The van der Waals surface area contributed by atoms with E-state index in [1.54, 1.807) is 18.6 Å². The molecule has 0 aliphatic heterocycles. The van der Waals surface area contributed by atoms with Gasteiger partial charge in [0.25, 0.3) is 0 Å². The van der Waals surface area contributed by atoms with Crippen LogP contribution in [0.15, 0.2) is 0 Å². The zero-order valence-corrected chi connectivity index (χ0v) is 10.3. The summed E-state index contributed by atoms with van der Waals surface area (Å²) in [6, 6.07) is 0. The molecule has 8 heteroatoms. The molecule has 0 heterocycles. The molecular weight excluding hydrogens is 234 g/mol. The quantitative estimate of drug-likeness (QED) is 0.539. The maximum Gasteiger partial charge on any atom is 0.422 e. The molecule has 0 rings (SSSR count). The van der Waals surface area contributed by atoms with Crippen LogP contribution in [-0.4, -0.2) is 33.7 Å². The first-order valence-electron chi connectivity index (χ1n) is 5.05. The van der Waals surface area contributed by atoms with Gasteiger partial charge in [0.2, 0.25) is 0 Å². The fraction of sp³-hybridized carbons (Fsp3) is 0.875. The second-order valence-corrected chi connectivity index (χ2v) is 4.95. The molecule has 0 saturated heterocycles. The molecule has 0 saturated carbocycles. The molecule has 0 aromatic carbocycles. The van der Waals surface area contributed by atoms with Crippen molar-refractivity contribution < 1.29 is 17.9 Å². The highest BCUT2D eigenvalue weighted by atomic mass is 32.2. The zero-order valence-electron chi connectivity index (χ0n) is 9.52. The van der Waals surface area contributed by atoms with Crippen molar-refractivity contribution in [2.45, 2.75) is 32.8 Å². The van der Waals surface area contributed by atoms with Crippen molar-refractivity contribution in [3.63, 3.8) is 0 Å². The number of nitrogens with two attached hydrogens (primary N) is 1. The number of carbonyl (C=O) groups is 1. The molecule has 0 aromatic rings. The fourth-order valence-corrected chi connectivity index (χ4v) is 1.61. The number of unbranched alkanes of at least 4 members (excludes halogenated alkanes) is 1. The average Bonchev–Trinajstić information content (AvgIpc) is 2.10. The summed E-state index contributed by atoms with van der Waals surface area (Å²) in [5, 5.41) is 0. The van der Waals surface area contributed by atoms with Crippen molar-refractivity contribution in [1.29, 1.82) is 0 Å². The molecule has 0 aromatic heterocycles. The van der Waals surface area contributed by atoms with Crippen LogP contribution < -0.4 is 15.2 Å². The number of ether oxygens (including phenoxy) is 1. The lowest BCUT2D eigenvalue weighted by Gasteiger charge is -2.10. The molecule has 7 nitrogen and oxygen atoms in total. The van der Waals surface area contributed by atoms with Crippen LogP contribution in [-0.2, 0) is 14.9 Å². The number of carbonyl (C=O) groups excluding carboxylic acids is 1. The molecule has 16 heavy (non-hydrogen) atoms. The van der Waals surface area contributed by atoms with E-state index in [1.165, 1.54) is 0 Å². The highest BCUT2D eigenvalue weighted by molar-refractivity contribution is 7.88. The Morgan fingerprint density at radius 3 is 2.50 bits per heavy atom. The monoisotopic (exact) mass is 253 g/mol. The first-order chi connectivity index (χ1) is 7.37. The van der Waals surface area contributed by atoms with Crippen LogP contribution in [0, 0.1) is 0 Å². The lowest BCUT2D eigenvalue weighted by molar-refractivity contribution is 0.121. The number of hydrogen-bond acceptors (Lipinski definition) is 5. The second kappa shape index (κ2) is 7.42. The van der Waals surface area contributed by atoms with Crippen molar-refractivity contribution in [2.75, 3.05) is 13.1 Å². The Hall–Kier alpha value is -0.860. The number of hydrogen-bond donors (Lipinski definition) is 3. The lowest BCUT2D eigenvalue weighted by atomic mass is 10.3. The molecule has 0 fully saturated rings. The van der Waals surface area contributed by atoms with E-state index in [1.807, 2.05) is 0 Å². The van der Waals surface area contributed by atoms with Crippen molar-refractivity contribution in [3.8, 4) is 0 Å². The molecule has 1 amide bonds. The van der Waals surface area contributed by atoms with Crippen LogP contribution in [0.1, 0.15) is 26.7 Å².